The van der Waals surface area contributed by atoms with E-state index in [-0.39, 0.29) is 4.83 Å². The third-order valence-electron chi connectivity index (χ3n) is 2.09. The van der Waals surface area contributed by atoms with Crippen LogP contribution in [0.15, 0.2) is 36.0 Å². The van der Waals surface area contributed by atoms with Crippen molar-refractivity contribution >= 4 is 38.9 Å². The van der Waals surface area contributed by atoms with E-state index in [1.165, 1.54) is 10.4 Å². The summed E-state index contributed by atoms with van der Waals surface area (Å²) in [6.07, 6.45) is 4.55. The van der Waals surface area contributed by atoms with E-state index in [9.17, 15) is 0 Å². The third kappa shape index (κ3) is 2.80. The van der Waals surface area contributed by atoms with Gasteiger partial charge in [-0.25, -0.2) is 0 Å². The highest BCUT2D eigenvalue weighted by atomic mass is 79.9. The van der Waals surface area contributed by atoms with Crippen molar-refractivity contribution in [3.8, 4) is 0 Å². The van der Waals surface area contributed by atoms with Crippen LogP contribution >= 0.6 is 38.9 Å². The van der Waals surface area contributed by atoms with Gasteiger partial charge in [-0.1, -0.05) is 27.5 Å². The maximum atomic E-state index is 6.07. The van der Waals surface area contributed by atoms with Crippen molar-refractivity contribution in [1.82, 2.24) is 4.98 Å². The van der Waals surface area contributed by atoms with E-state index in [1.54, 1.807) is 11.3 Å². The molecule has 0 N–H and O–H groups in total. The fourth-order valence-electron chi connectivity index (χ4n) is 1.35. The van der Waals surface area contributed by atoms with Crippen LogP contribution in [0.4, 0.5) is 0 Å². The highest BCUT2D eigenvalue weighted by Gasteiger charge is 2.13. The minimum atomic E-state index is 0.285. The first-order valence-electron chi connectivity index (χ1n) is 4.53. The molecule has 78 valence electrons. The zero-order chi connectivity index (χ0) is 10.7. The highest BCUT2D eigenvalue weighted by Crippen LogP contribution is 2.36. The third-order valence-corrected chi connectivity index (χ3v) is 4.65. The van der Waals surface area contributed by atoms with Gasteiger partial charge in [0.15, 0.2) is 0 Å². The summed E-state index contributed by atoms with van der Waals surface area (Å²) < 4.78 is 0. The van der Waals surface area contributed by atoms with E-state index in [0.717, 1.165) is 11.4 Å². The molecule has 2 heterocycles. The molecular weight excluding hydrogens is 294 g/mol. The van der Waals surface area contributed by atoms with E-state index in [2.05, 4.69) is 20.9 Å². The zero-order valence-corrected chi connectivity index (χ0v) is 11.0. The Morgan fingerprint density at radius 2 is 2.07 bits per heavy atom. The summed E-state index contributed by atoms with van der Waals surface area (Å²) in [6, 6.07) is 5.98. The van der Waals surface area contributed by atoms with Crippen molar-refractivity contribution in [2.24, 2.45) is 0 Å². The number of alkyl halides is 1. The fraction of sp³-hybridized carbons (Fsp3) is 0.182. The zero-order valence-electron chi connectivity index (χ0n) is 7.86. The van der Waals surface area contributed by atoms with Gasteiger partial charge >= 0.3 is 0 Å². The average Bonchev–Trinajstić information content (AvgIpc) is 2.66. The fourth-order valence-corrected chi connectivity index (χ4v) is 3.59. The van der Waals surface area contributed by atoms with Crippen molar-refractivity contribution in [3.63, 3.8) is 0 Å². The summed E-state index contributed by atoms with van der Waals surface area (Å²) in [4.78, 5) is 5.47. The number of nitrogens with zero attached hydrogens (tertiary/aromatic N) is 1. The molecule has 4 heteroatoms. The van der Waals surface area contributed by atoms with Gasteiger partial charge in [0, 0.05) is 17.3 Å². The van der Waals surface area contributed by atoms with Gasteiger partial charge in [-0.3, -0.25) is 4.98 Å². The molecule has 1 nitrogen and oxygen atoms in total. The first kappa shape index (κ1) is 11.1. The van der Waals surface area contributed by atoms with Crippen LogP contribution < -0.4 is 0 Å². The molecule has 0 aliphatic rings. The maximum absolute atomic E-state index is 6.07. The maximum Gasteiger partial charge on any atom is 0.0556 e. The Bertz CT molecular complexity index is 429. The first-order valence-corrected chi connectivity index (χ1v) is 6.70. The topological polar surface area (TPSA) is 12.9 Å². The van der Waals surface area contributed by atoms with Crippen LogP contribution in [0, 0.1) is 0 Å². The predicted molar refractivity (Wildman–Crippen MR) is 68.9 cm³/mol. The van der Waals surface area contributed by atoms with Crippen molar-refractivity contribution in [1.29, 1.82) is 0 Å². The highest BCUT2D eigenvalue weighted by molar-refractivity contribution is 9.09. The standard InChI is InChI=1S/C11H9BrClNS/c12-9(11-10(13)3-6-15-11)7-8-1-4-14-5-2-8/h1-6,9H,7H2. The van der Waals surface area contributed by atoms with Gasteiger partial charge in [0.05, 0.1) is 9.85 Å². The lowest BCUT2D eigenvalue weighted by Crippen LogP contribution is -1.93. The Balaban J connectivity index is 2.11. The Morgan fingerprint density at radius 1 is 1.33 bits per heavy atom. The van der Waals surface area contributed by atoms with Crippen molar-refractivity contribution in [3.05, 3.63) is 51.4 Å². The van der Waals surface area contributed by atoms with E-state index in [4.69, 9.17) is 11.6 Å². The Hall–Kier alpha value is -0.380. The molecule has 0 saturated carbocycles. The molecule has 2 aromatic rings. The molecule has 0 aliphatic carbocycles. The van der Waals surface area contributed by atoms with Gasteiger partial charge in [0.2, 0.25) is 0 Å². The lowest BCUT2D eigenvalue weighted by atomic mass is 10.1. The molecule has 1 atom stereocenters. The molecule has 0 spiro atoms. The minimum Gasteiger partial charge on any atom is -0.265 e. The largest absolute Gasteiger partial charge is 0.265 e. The average molecular weight is 303 g/mol. The van der Waals surface area contributed by atoms with Gasteiger partial charge in [-0.05, 0) is 35.6 Å². The molecule has 0 aromatic carbocycles. The van der Waals surface area contributed by atoms with Crippen LogP contribution in [-0.4, -0.2) is 4.98 Å². The Kier molecular flexibility index (Phi) is 3.78. The number of halogens is 2. The first-order chi connectivity index (χ1) is 7.27. The Morgan fingerprint density at radius 3 is 2.67 bits per heavy atom. The second kappa shape index (κ2) is 5.10. The second-order valence-electron chi connectivity index (χ2n) is 3.16. The second-order valence-corrected chi connectivity index (χ2v) is 5.62. The molecular formula is C11H9BrClNS. The van der Waals surface area contributed by atoms with Crippen molar-refractivity contribution < 1.29 is 0 Å². The quantitative estimate of drug-likeness (QED) is 0.762. The number of hydrogen-bond acceptors (Lipinski definition) is 2. The summed E-state index contributed by atoms with van der Waals surface area (Å²) >= 11 is 11.4. The monoisotopic (exact) mass is 301 g/mol. The van der Waals surface area contributed by atoms with Gasteiger partial charge < -0.3 is 0 Å². The van der Waals surface area contributed by atoms with Crippen LogP contribution in [0.1, 0.15) is 15.3 Å². The number of thiophene rings is 1. The summed E-state index contributed by atoms with van der Waals surface area (Å²) in [5, 5.41) is 2.86. The van der Waals surface area contributed by atoms with E-state index in [1.807, 2.05) is 36.0 Å². The summed E-state index contributed by atoms with van der Waals surface area (Å²) in [7, 11) is 0. The van der Waals surface area contributed by atoms with Crippen LogP contribution in [0.5, 0.6) is 0 Å². The van der Waals surface area contributed by atoms with E-state index in [0.29, 0.717) is 0 Å². The molecule has 2 rings (SSSR count). The van der Waals surface area contributed by atoms with E-state index < -0.39 is 0 Å². The number of pyridine rings is 1. The minimum absolute atomic E-state index is 0.285. The number of rotatable bonds is 3. The summed E-state index contributed by atoms with van der Waals surface area (Å²) in [5.41, 5.74) is 1.26. The SMILES string of the molecule is Clc1ccsc1C(Br)Cc1ccncc1. The van der Waals surface area contributed by atoms with Crippen molar-refractivity contribution in [2.75, 3.05) is 0 Å². The molecule has 0 bridgehead atoms. The molecule has 0 fully saturated rings. The number of aromatic nitrogens is 1. The van der Waals surface area contributed by atoms with Gasteiger partial charge in [0.25, 0.3) is 0 Å². The molecule has 0 amide bonds. The smallest absolute Gasteiger partial charge is 0.0556 e. The lowest BCUT2D eigenvalue weighted by Gasteiger charge is -2.08. The van der Waals surface area contributed by atoms with Crippen LogP contribution in [0.2, 0.25) is 5.02 Å². The summed E-state index contributed by atoms with van der Waals surface area (Å²) in [5.74, 6) is 0. The molecule has 0 aliphatic heterocycles. The van der Waals surface area contributed by atoms with Crippen LogP contribution in [-0.2, 0) is 6.42 Å². The predicted octanol–water partition coefficient (Wildman–Crippen LogP) is 4.48. The molecule has 2 aromatic heterocycles. The normalized spacial score (nSPS) is 12.7. The summed E-state index contributed by atoms with van der Waals surface area (Å²) in [6.45, 7) is 0. The van der Waals surface area contributed by atoms with Gasteiger partial charge in [0.1, 0.15) is 0 Å². The van der Waals surface area contributed by atoms with E-state index >= 15 is 0 Å². The Labute approximate surface area is 106 Å². The van der Waals surface area contributed by atoms with Gasteiger partial charge in [-0.2, -0.15) is 0 Å². The molecule has 0 radical (unpaired) electrons. The lowest BCUT2D eigenvalue weighted by molar-refractivity contribution is 0.964. The molecule has 1 unspecified atom stereocenters. The molecule has 15 heavy (non-hydrogen) atoms. The van der Waals surface area contributed by atoms with Crippen LogP contribution in [0.25, 0.3) is 0 Å². The number of hydrogen-bond donors (Lipinski definition) is 0. The van der Waals surface area contributed by atoms with Gasteiger partial charge in [-0.15, -0.1) is 11.3 Å². The van der Waals surface area contributed by atoms with Crippen molar-refractivity contribution in [2.45, 2.75) is 11.2 Å². The molecule has 0 saturated heterocycles. The van der Waals surface area contributed by atoms with Crippen LogP contribution in [0.3, 0.4) is 0 Å².